The minimum atomic E-state index is -0.606. The number of hydrogen-bond acceptors (Lipinski definition) is 5. The molecule has 0 aliphatic carbocycles. The van der Waals surface area contributed by atoms with E-state index < -0.39 is 10.8 Å². The average Bonchev–Trinajstić information content (AvgIpc) is 2.84. The number of fused-ring (bicyclic) bond motifs is 1. The first-order chi connectivity index (χ1) is 8.61. The fourth-order valence-electron chi connectivity index (χ4n) is 1.55. The van der Waals surface area contributed by atoms with E-state index in [1.54, 1.807) is 18.2 Å². The van der Waals surface area contributed by atoms with Crippen molar-refractivity contribution >= 4 is 27.7 Å². The number of Topliss-reactive ketones (excluding diaryl/α,β-unsaturated/α-hetero) is 1. The number of methoxy groups -OCH3 is 1. The maximum absolute atomic E-state index is 12.0. The van der Waals surface area contributed by atoms with Crippen LogP contribution in [0.3, 0.4) is 0 Å². The summed E-state index contributed by atoms with van der Waals surface area (Å²) in [7, 11) is 1.28. The maximum Gasteiger partial charge on any atom is 0.307 e. The molecule has 1 heterocycles. The summed E-state index contributed by atoms with van der Waals surface area (Å²) in [6.45, 7) is 0.160. The summed E-state index contributed by atoms with van der Waals surface area (Å²) in [5.41, 5.74) is 0.463. The van der Waals surface area contributed by atoms with Crippen LogP contribution in [-0.4, -0.2) is 30.5 Å². The van der Waals surface area contributed by atoms with Crippen molar-refractivity contribution in [2.75, 3.05) is 13.9 Å². The van der Waals surface area contributed by atoms with E-state index >= 15 is 0 Å². The van der Waals surface area contributed by atoms with Gasteiger partial charge in [-0.2, -0.15) is 0 Å². The van der Waals surface area contributed by atoms with Crippen molar-refractivity contribution in [1.82, 2.24) is 0 Å². The molecule has 1 unspecified atom stereocenters. The molecule has 96 valence electrons. The number of hydrogen-bond donors (Lipinski definition) is 0. The lowest BCUT2D eigenvalue weighted by Crippen LogP contribution is -2.19. The Morgan fingerprint density at radius 1 is 1.39 bits per heavy atom. The van der Waals surface area contributed by atoms with Gasteiger partial charge in [0.05, 0.1) is 18.4 Å². The Morgan fingerprint density at radius 3 is 2.83 bits per heavy atom. The summed E-state index contributed by atoms with van der Waals surface area (Å²) < 4.78 is 14.9. The highest BCUT2D eigenvalue weighted by Gasteiger charge is 2.23. The molecule has 0 aromatic heterocycles. The lowest BCUT2D eigenvalue weighted by molar-refractivity contribution is -0.140. The van der Waals surface area contributed by atoms with Gasteiger partial charge in [0.1, 0.15) is 0 Å². The molecule has 1 aromatic carbocycles. The molecule has 0 saturated heterocycles. The normalized spacial score (nSPS) is 14.1. The van der Waals surface area contributed by atoms with Crippen molar-refractivity contribution in [3.8, 4) is 11.5 Å². The minimum absolute atomic E-state index is 0.0101. The number of benzene rings is 1. The molecular formula is C12H11BrO5. The number of carbonyl (C=O) groups excluding carboxylic acids is 2. The molecule has 0 saturated carbocycles. The van der Waals surface area contributed by atoms with Gasteiger partial charge in [-0.1, -0.05) is 15.9 Å². The Bertz CT molecular complexity index is 485. The molecular weight excluding hydrogens is 304 g/mol. The number of ketones is 1. The zero-order valence-corrected chi connectivity index (χ0v) is 11.2. The first-order valence-electron chi connectivity index (χ1n) is 5.26. The summed E-state index contributed by atoms with van der Waals surface area (Å²) in [5.74, 6) is 0.522. The Morgan fingerprint density at radius 2 is 2.11 bits per heavy atom. The molecule has 0 radical (unpaired) electrons. The van der Waals surface area contributed by atoms with Crippen LogP contribution in [-0.2, 0) is 9.53 Å². The van der Waals surface area contributed by atoms with Crippen LogP contribution in [0.4, 0.5) is 0 Å². The van der Waals surface area contributed by atoms with Crippen LogP contribution >= 0.6 is 15.9 Å². The standard InChI is InChI=1S/C12H11BrO5/c1-16-11(14)5-8(13)12(15)7-2-3-9-10(4-7)18-6-17-9/h2-4,8H,5-6H2,1H3. The lowest BCUT2D eigenvalue weighted by Gasteiger charge is -2.08. The Hall–Kier alpha value is -1.56. The number of ether oxygens (including phenoxy) is 3. The number of halogens is 1. The molecule has 1 aliphatic heterocycles. The van der Waals surface area contributed by atoms with Gasteiger partial charge in [0, 0.05) is 5.56 Å². The van der Waals surface area contributed by atoms with Gasteiger partial charge in [-0.3, -0.25) is 9.59 Å². The van der Waals surface area contributed by atoms with Gasteiger partial charge in [-0.25, -0.2) is 0 Å². The molecule has 1 atom stereocenters. The monoisotopic (exact) mass is 314 g/mol. The van der Waals surface area contributed by atoms with Crippen LogP contribution in [0.25, 0.3) is 0 Å². The molecule has 2 rings (SSSR count). The van der Waals surface area contributed by atoms with Crippen molar-refractivity contribution < 1.29 is 23.8 Å². The second-order valence-corrected chi connectivity index (χ2v) is 4.79. The fourth-order valence-corrected chi connectivity index (χ4v) is 2.08. The van der Waals surface area contributed by atoms with Crippen molar-refractivity contribution in [1.29, 1.82) is 0 Å². The molecule has 5 nitrogen and oxygen atoms in total. The van der Waals surface area contributed by atoms with Gasteiger partial charge in [0.15, 0.2) is 17.3 Å². The molecule has 0 bridgehead atoms. The third-order valence-electron chi connectivity index (χ3n) is 2.52. The molecule has 6 heteroatoms. The highest BCUT2D eigenvalue weighted by molar-refractivity contribution is 9.10. The predicted octanol–water partition coefficient (Wildman–Crippen LogP) is 1.92. The van der Waals surface area contributed by atoms with Gasteiger partial charge in [0.25, 0.3) is 0 Å². The van der Waals surface area contributed by atoms with Gasteiger partial charge in [0.2, 0.25) is 6.79 Å². The SMILES string of the molecule is COC(=O)CC(Br)C(=O)c1ccc2c(c1)OCO2. The van der Waals surface area contributed by atoms with Crippen molar-refractivity contribution in [2.45, 2.75) is 11.2 Å². The highest BCUT2D eigenvalue weighted by Crippen LogP contribution is 2.33. The van der Waals surface area contributed by atoms with Gasteiger partial charge in [-0.15, -0.1) is 0 Å². The van der Waals surface area contributed by atoms with E-state index in [4.69, 9.17) is 9.47 Å². The smallest absolute Gasteiger partial charge is 0.307 e. The molecule has 0 spiro atoms. The van der Waals surface area contributed by atoms with E-state index in [-0.39, 0.29) is 19.0 Å². The number of esters is 1. The molecule has 1 aliphatic rings. The van der Waals surface area contributed by atoms with E-state index in [9.17, 15) is 9.59 Å². The number of rotatable bonds is 4. The van der Waals surface area contributed by atoms with E-state index in [0.717, 1.165) is 0 Å². The summed E-state index contributed by atoms with van der Waals surface area (Å²) in [5, 5.41) is 0. The molecule has 0 N–H and O–H groups in total. The Labute approximate surface area is 112 Å². The van der Waals surface area contributed by atoms with Gasteiger partial charge >= 0.3 is 5.97 Å². The largest absolute Gasteiger partial charge is 0.469 e. The number of alkyl halides is 1. The van der Waals surface area contributed by atoms with E-state index in [0.29, 0.717) is 17.1 Å². The minimum Gasteiger partial charge on any atom is -0.469 e. The molecule has 0 fully saturated rings. The van der Waals surface area contributed by atoms with Crippen LogP contribution in [0.5, 0.6) is 11.5 Å². The lowest BCUT2D eigenvalue weighted by atomic mass is 10.1. The van der Waals surface area contributed by atoms with Crippen molar-refractivity contribution in [3.05, 3.63) is 23.8 Å². The second-order valence-electron chi connectivity index (χ2n) is 3.68. The third-order valence-corrected chi connectivity index (χ3v) is 3.25. The average molecular weight is 315 g/mol. The summed E-state index contributed by atoms with van der Waals surface area (Å²) in [4.78, 5) is 22.5. The van der Waals surface area contributed by atoms with E-state index in [1.807, 2.05) is 0 Å². The Kier molecular flexibility index (Phi) is 3.86. The topological polar surface area (TPSA) is 61.8 Å². The summed E-state index contributed by atoms with van der Waals surface area (Å²) in [6, 6.07) is 4.92. The summed E-state index contributed by atoms with van der Waals surface area (Å²) >= 11 is 3.18. The first kappa shape index (κ1) is 12.9. The zero-order valence-electron chi connectivity index (χ0n) is 9.64. The predicted molar refractivity (Wildman–Crippen MR) is 66.2 cm³/mol. The third kappa shape index (κ3) is 2.64. The van der Waals surface area contributed by atoms with Crippen LogP contribution in [0.15, 0.2) is 18.2 Å². The van der Waals surface area contributed by atoms with E-state index in [2.05, 4.69) is 20.7 Å². The van der Waals surface area contributed by atoms with Gasteiger partial charge in [-0.05, 0) is 18.2 Å². The molecule has 1 aromatic rings. The van der Waals surface area contributed by atoms with Crippen LogP contribution in [0, 0.1) is 0 Å². The molecule has 0 amide bonds. The molecule has 18 heavy (non-hydrogen) atoms. The Balaban J connectivity index is 2.11. The quantitative estimate of drug-likeness (QED) is 0.483. The van der Waals surface area contributed by atoms with Crippen molar-refractivity contribution in [2.24, 2.45) is 0 Å². The summed E-state index contributed by atoms with van der Waals surface area (Å²) in [6.07, 6.45) is -0.0101. The van der Waals surface area contributed by atoms with Crippen molar-refractivity contribution in [3.63, 3.8) is 0 Å². The second kappa shape index (κ2) is 5.39. The van der Waals surface area contributed by atoms with Crippen LogP contribution in [0.1, 0.15) is 16.8 Å². The van der Waals surface area contributed by atoms with Gasteiger partial charge < -0.3 is 14.2 Å². The van der Waals surface area contributed by atoms with Crippen LogP contribution in [0.2, 0.25) is 0 Å². The van der Waals surface area contributed by atoms with E-state index in [1.165, 1.54) is 7.11 Å². The zero-order chi connectivity index (χ0) is 13.1. The number of carbonyl (C=O) groups is 2. The maximum atomic E-state index is 12.0. The fraction of sp³-hybridized carbons (Fsp3) is 0.333. The highest BCUT2D eigenvalue weighted by atomic mass is 79.9. The van der Waals surface area contributed by atoms with Crippen LogP contribution < -0.4 is 9.47 Å². The first-order valence-corrected chi connectivity index (χ1v) is 6.18.